The summed E-state index contributed by atoms with van der Waals surface area (Å²) in [5.74, 6) is 0.207. The highest BCUT2D eigenvalue weighted by Gasteiger charge is 2.13. The fourth-order valence-corrected chi connectivity index (χ4v) is 2.11. The van der Waals surface area contributed by atoms with E-state index in [9.17, 15) is 9.90 Å². The molecule has 0 radical (unpaired) electrons. The van der Waals surface area contributed by atoms with Crippen molar-refractivity contribution in [2.75, 3.05) is 0 Å². The molecule has 3 nitrogen and oxygen atoms in total. The number of benzene rings is 3. The Hall–Kier alpha value is -2.81. The molecule has 0 heterocycles. The number of hydrogen-bond acceptors (Lipinski definition) is 3. The van der Waals surface area contributed by atoms with Gasteiger partial charge in [-0.1, -0.05) is 42.5 Å². The molecule has 0 unspecified atom stereocenters. The largest absolute Gasteiger partial charge is 0.507 e. The Labute approximate surface area is 116 Å². The van der Waals surface area contributed by atoms with E-state index >= 15 is 0 Å². The van der Waals surface area contributed by atoms with Gasteiger partial charge < -0.3 is 9.84 Å². The predicted octanol–water partition coefficient (Wildman–Crippen LogP) is 3.76. The molecule has 0 aromatic heterocycles. The number of esters is 1. The number of carbonyl (C=O) groups is 1. The van der Waals surface area contributed by atoms with Gasteiger partial charge in [0.15, 0.2) is 0 Å². The van der Waals surface area contributed by atoms with Crippen LogP contribution in [0.1, 0.15) is 10.4 Å². The number of hydrogen-bond donors (Lipinski definition) is 1. The van der Waals surface area contributed by atoms with Crippen LogP contribution < -0.4 is 4.74 Å². The molecule has 20 heavy (non-hydrogen) atoms. The van der Waals surface area contributed by atoms with Gasteiger partial charge in [-0.2, -0.15) is 0 Å². The van der Waals surface area contributed by atoms with E-state index in [2.05, 4.69) is 0 Å². The lowest BCUT2D eigenvalue weighted by Gasteiger charge is -2.08. The van der Waals surface area contributed by atoms with Gasteiger partial charge in [-0.3, -0.25) is 0 Å². The zero-order chi connectivity index (χ0) is 13.9. The topological polar surface area (TPSA) is 46.5 Å². The Kier molecular flexibility index (Phi) is 3.09. The van der Waals surface area contributed by atoms with Crippen molar-refractivity contribution >= 4 is 16.7 Å². The first kappa shape index (κ1) is 12.2. The first-order valence-corrected chi connectivity index (χ1v) is 6.23. The van der Waals surface area contributed by atoms with Gasteiger partial charge in [0.25, 0.3) is 0 Å². The fraction of sp³-hybridized carbons (Fsp3) is 0. The van der Waals surface area contributed by atoms with Crippen molar-refractivity contribution in [1.29, 1.82) is 0 Å². The van der Waals surface area contributed by atoms with Gasteiger partial charge in [-0.15, -0.1) is 0 Å². The lowest BCUT2D eigenvalue weighted by atomic mass is 10.0. The summed E-state index contributed by atoms with van der Waals surface area (Å²) in [6.07, 6.45) is 0. The number of phenolic OH excluding ortho intramolecular Hbond substituents is 1. The quantitative estimate of drug-likeness (QED) is 0.566. The Morgan fingerprint density at radius 1 is 0.800 bits per heavy atom. The monoisotopic (exact) mass is 264 g/mol. The normalized spacial score (nSPS) is 10.4. The summed E-state index contributed by atoms with van der Waals surface area (Å²) in [5.41, 5.74) is 0.433. The minimum absolute atomic E-state index is 0.150. The number of aromatic hydroxyl groups is 1. The van der Waals surface area contributed by atoms with E-state index in [4.69, 9.17) is 4.74 Å². The van der Waals surface area contributed by atoms with Crippen molar-refractivity contribution in [2.24, 2.45) is 0 Å². The lowest BCUT2D eigenvalue weighted by Crippen LogP contribution is -2.08. The number of fused-ring (bicyclic) bond motifs is 1. The van der Waals surface area contributed by atoms with Crippen LogP contribution in [0.2, 0.25) is 0 Å². The molecule has 3 rings (SSSR count). The molecular formula is C17H12O3. The molecule has 98 valence electrons. The Morgan fingerprint density at radius 3 is 2.20 bits per heavy atom. The zero-order valence-electron chi connectivity index (χ0n) is 10.6. The Morgan fingerprint density at radius 2 is 1.45 bits per heavy atom. The molecule has 1 N–H and O–H groups in total. The van der Waals surface area contributed by atoms with Crippen LogP contribution in [0.15, 0.2) is 66.7 Å². The molecule has 3 heteroatoms. The lowest BCUT2D eigenvalue weighted by molar-refractivity contribution is 0.0737. The maximum atomic E-state index is 12.2. The van der Waals surface area contributed by atoms with Gasteiger partial charge in [0, 0.05) is 5.39 Å². The van der Waals surface area contributed by atoms with Gasteiger partial charge >= 0.3 is 5.97 Å². The molecule has 3 aromatic rings. The molecule has 0 aliphatic rings. The highest BCUT2D eigenvalue weighted by molar-refractivity contribution is 6.06. The molecule has 3 aromatic carbocycles. The Balaban J connectivity index is 2.02. The molecular weight excluding hydrogens is 252 g/mol. The maximum absolute atomic E-state index is 12.2. The van der Waals surface area contributed by atoms with Crippen molar-refractivity contribution in [2.45, 2.75) is 0 Å². The number of phenols is 1. The summed E-state index contributed by atoms with van der Waals surface area (Å²) in [5, 5.41) is 11.1. The van der Waals surface area contributed by atoms with Crippen molar-refractivity contribution in [1.82, 2.24) is 0 Å². The summed E-state index contributed by atoms with van der Waals surface area (Å²) in [7, 11) is 0. The summed E-state index contributed by atoms with van der Waals surface area (Å²) < 4.78 is 5.33. The van der Waals surface area contributed by atoms with Gasteiger partial charge in [0.1, 0.15) is 11.5 Å². The van der Waals surface area contributed by atoms with E-state index in [1.165, 1.54) is 6.07 Å². The third kappa shape index (κ3) is 2.21. The summed E-state index contributed by atoms with van der Waals surface area (Å²) in [6, 6.07) is 19.2. The third-order valence-electron chi connectivity index (χ3n) is 3.07. The van der Waals surface area contributed by atoms with Crippen LogP contribution in [-0.2, 0) is 0 Å². The van der Waals surface area contributed by atoms with E-state index in [1.807, 2.05) is 18.2 Å². The second-order valence-corrected chi connectivity index (χ2v) is 4.38. The molecule has 0 saturated carbocycles. The fourth-order valence-electron chi connectivity index (χ4n) is 2.11. The third-order valence-corrected chi connectivity index (χ3v) is 3.07. The van der Waals surface area contributed by atoms with Crippen LogP contribution in [-0.4, -0.2) is 11.1 Å². The molecule has 0 fully saturated rings. The molecule has 0 aliphatic heterocycles. The summed E-state index contributed by atoms with van der Waals surface area (Å²) in [6.45, 7) is 0. The summed E-state index contributed by atoms with van der Waals surface area (Å²) >= 11 is 0. The van der Waals surface area contributed by atoms with Crippen LogP contribution in [0.25, 0.3) is 10.8 Å². The molecule has 0 amide bonds. The number of ether oxygens (including phenoxy) is 1. The van der Waals surface area contributed by atoms with E-state index in [1.54, 1.807) is 42.5 Å². The molecule has 0 aliphatic carbocycles. The van der Waals surface area contributed by atoms with Gasteiger partial charge in [0.05, 0.1) is 5.56 Å². The van der Waals surface area contributed by atoms with Crippen LogP contribution in [0.3, 0.4) is 0 Å². The standard InChI is InChI=1S/C17H12O3/c18-16-11-10-15(13-8-4-5-9-14(13)16)17(19)20-12-6-2-1-3-7-12/h1-11,18H. The minimum atomic E-state index is -0.438. The second-order valence-electron chi connectivity index (χ2n) is 4.38. The molecule has 0 bridgehead atoms. The number of carbonyl (C=O) groups excluding carboxylic acids is 1. The van der Waals surface area contributed by atoms with Gasteiger partial charge in [0.2, 0.25) is 0 Å². The SMILES string of the molecule is O=C(Oc1ccccc1)c1ccc(O)c2ccccc12. The van der Waals surface area contributed by atoms with Crippen LogP contribution in [0.5, 0.6) is 11.5 Å². The summed E-state index contributed by atoms with van der Waals surface area (Å²) in [4.78, 5) is 12.2. The molecule has 0 spiro atoms. The van der Waals surface area contributed by atoms with Crippen LogP contribution in [0.4, 0.5) is 0 Å². The molecule has 0 atom stereocenters. The predicted molar refractivity (Wildman–Crippen MR) is 77.0 cm³/mol. The number of para-hydroxylation sites is 1. The maximum Gasteiger partial charge on any atom is 0.344 e. The van der Waals surface area contributed by atoms with E-state index in [0.717, 1.165) is 0 Å². The van der Waals surface area contributed by atoms with E-state index < -0.39 is 5.97 Å². The van der Waals surface area contributed by atoms with Crippen molar-refractivity contribution in [3.63, 3.8) is 0 Å². The number of rotatable bonds is 2. The first-order valence-electron chi connectivity index (χ1n) is 6.23. The van der Waals surface area contributed by atoms with E-state index in [0.29, 0.717) is 22.1 Å². The van der Waals surface area contributed by atoms with Crippen molar-refractivity contribution in [3.05, 3.63) is 72.3 Å². The smallest absolute Gasteiger partial charge is 0.344 e. The van der Waals surface area contributed by atoms with E-state index in [-0.39, 0.29) is 5.75 Å². The highest BCUT2D eigenvalue weighted by Crippen LogP contribution is 2.28. The molecule has 0 saturated heterocycles. The second kappa shape index (κ2) is 5.05. The average Bonchev–Trinajstić information content (AvgIpc) is 2.49. The van der Waals surface area contributed by atoms with Gasteiger partial charge in [-0.25, -0.2) is 4.79 Å². The van der Waals surface area contributed by atoms with Gasteiger partial charge in [-0.05, 0) is 29.7 Å². The first-order chi connectivity index (χ1) is 9.75. The van der Waals surface area contributed by atoms with Crippen molar-refractivity contribution < 1.29 is 14.6 Å². The minimum Gasteiger partial charge on any atom is -0.507 e. The Bertz CT molecular complexity index is 764. The van der Waals surface area contributed by atoms with Crippen LogP contribution >= 0.6 is 0 Å². The average molecular weight is 264 g/mol. The zero-order valence-corrected chi connectivity index (χ0v) is 10.6. The van der Waals surface area contributed by atoms with Crippen molar-refractivity contribution in [3.8, 4) is 11.5 Å². The highest BCUT2D eigenvalue weighted by atomic mass is 16.5. The van der Waals surface area contributed by atoms with Crippen LogP contribution in [0, 0.1) is 0 Å².